The zero-order chi connectivity index (χ0) is 10.7. The Bertz CT molecular complexity index is 321. The molecular formula is C10H13ClN2O. The summed E-state index contributed by atoms with van der Waals surface area (Å²) in [6.07, 6.45) is 0. The molecule has 0 fully saturated rings. The molecule has 1 atom stereocenters. The Morgan fingerprint density at radius 3 is 2.21 bits per heavy atom. The van der Waals surface area contributed by atoms with Gasteiger partial charge in [0.25, 0.3) is 0 Å². The Kier molecular flexibility index (Phi) is 3.49. The van der Waals surface area contributed by atoms with E-state index in [0.29, 0.717) is 5.02 Å². The fourth-order valence-electron chi connectivity index (χ4n) is 1.36. The number of hydrogen-bond donors (Lipinski definition) is 1. The molecule has 3 nitrogen and oxygen atoms in total. The average Bonchev–Trinajstić information content (AvgIpc) is 2.07. The van der Waals surface area contributed by atoms with Gasteiger partial charge in [0.05, 0.1) is 0 Å². The maximum atomic E-state index is 11.2. The SMILES string of the molecule is CN(C)[C@H](C(N)=O)c1ccc(Cl)cc1. The molecule has 0 unspecified atom stereocenters. The third-order valence-corrected chi connectivity index (χ3v) is 2.22. The smallest absolute Gasteiger partial charge is 0.239 e. The number of carbonyl (C=O) groups is 1. The number of carbonyl (C=O) groups excluding carboxylic acids is 1. The second-order valence-electron chi connectivity index (χ2n) is 3.32. The summed E-state index contributed by atoms with van der Waals surface area (Å²) < 4.78 is 0. The van der Waals surface area contributed by atoms with E-state index < -0.39 is 6.04 Å². The molecule has 0 saturated carbocycles. The Morgan fingerprint density at radius 2 is 1.86 bits per heavy atom. The molecule has 14 heavy (non-hydrogen) atoms. The summed E-state index contributed by atoms with van der Waals surface area (Å²) in [5, 5.41) is 0.649. The largest absolute Gasteiger partial charge is 0.368 e. The molecule has 1 aromatic rings. The molecule has 0 aliphatic rings. The van der Waals surface area contributed by atoms with Gasteiger partial charge >= 0.3 is 0 Å². The van der Waals surface area contributed by atoms with Crippen LogP contribution in [0.5, 0.6) is 0 Å². The van der Waals surface area contributed by atoms with Gasteiger partial charge < -0.3 is 5.73 Å². The van der Waals surface area contributed by atoms with Crippen molar-refractivity contribution in [3.05, 3.63) is 34.9 Å². The number of likely N-dealkylation sites (N-methyl/N-ethyl adjacent to an activating group) is 1. The lowest BCUT2D eigenvalue weighted by Crippen LogP contribution is -2.32. The van der Waals surface area contributed by atoms with E-state index in [9.17, 15) is 4.79 Å². The summed E-state index contributed by atoms with van der Waals surface area (Å²) in [5.41, 5.74) is 6.15. The van der Waals surface area contributed by atoms with Crippen LogP contribution in [0.25, 0.3) is 0 Å². The van der Waals surface area contributed by atoms with Crippen LogP contribution >= 0.6 is 11.6 Å². The van der Waals surface area contributed by atoms with Crippen molar-refractivity contribution < 1.29 is 4.79 Å². The lowest BCUT2D eigenvalue weighted by atomic mass is 10.1. The van der Waals surface area contributed by atoms with Gasteiger partial charge in [-0.15, -0.1) is 0 Å². The van der Waals surface area contributed by atoms with Crippen LogP contribution in [0.1, 0.15) is 11.6 Å². The van der Waals surface area contributed by atoms with Gasteiger partial charge in [0.15, 0.2) is 0 Å². The topological polar surface area (TPSA) is 46.3 Å². The van der Waals surface area contributed by atoms with E-state index >= 15 is 0 Å². The van der Waals surface area contributed by atoms with Gasteiger partial charge in [0.1, 0.15) is 6.04 Å². The Balaban J connectivity index is 3.00. The van der Waals surface area contributed by atoms with E-state index in [1.807, 2.05) is 14.1 Å². The molecule has 0 bridgehead atoms. The molecule has 0 radical (unpaired) electrons. The first-order valence-corrected chi connectivity index (χ1v) is 4.61. The summed E-state index contributed by atoms with van der Waals surface area (Å²) in [4.78, 5) is 12.9. The highest BCUT2D eigenvalue weighted by Crippen LogP contribution is 2.19. The van der Waals surface area contributed by atoms with Crippen LogP contribution in [0.15, 0.2) is 24.3 Å². The van der Waals surface area contributed by atoms with Crippen molar-refractivity contribution in [3.8, 4) is 0 Å². The zero-order valence-electron chi connectivity index (χ0n) is 8.20. The third-order valence-electron chi connectivity index (χ3n) is 1.97. The standard InChI is InChI=1S/C10H13ClN2O/c1-13(2)9(10(12)14)7-3-5-8(11)6-4-7/h3-6,9H,1-2H3,(H2,12,14)/t9-/m0/s1. The summed E-state index contributed by atoms with van der Waals surface area (Å²) in [5.74, 6) is -0.364. The van der Waals surface area contributed by atoms with Crippen LogP contribution in [0.4, 0.5) is 0 Å². The number of nitrogens with zero attached hydrogens (tertiary/aromatic N) is 1. The van der Waals surface area contributed by atoms with E-state index in [4.69, 9.17) is 17.3 Å². The minimum atomic E-state index is -0.396. The Morgan fingerprint density at radius 1 is 1.36 bits per heavy atom. The lowest BCUT2D eigenvalue weighted by molar-refractivity contribution is -0.122. The fourth-order valence-corrected chi connectivity index (χ4v) is 1.49. The van der Waals surface area contributed by atoms with Crippen LogP contribution in [0, 0.1) is 0 Å². The minimum Gasteiger partial charge on any atom is -0.368 e. The molecule has 0 aliphatic heterocycles. The number of primary amides is 1. The predicted octanol–water partition coefficient (Wildman–Crippen LogP) is 1.43. The molecular weight excluding hydrogens is 200 g/mol. The molecule has 1 aromatic carbocycles. The molecule has 0 heterocycles. The van der Waals surface area contributed by atoms with E-state index in [2.05, 4.69) is 0 Å². The molecule has 2 N–H and O–H groups in total. The molecule has 0 aliphatic carbocycles. The number of amides is 1. The first kappa shape index (κ1) is 11.0. The average molecular weight is 213 g/mol. The highest BCUT2D eigenvalue weighted by molar-refractivity contribution is 6.30. The van der Waals surface area contributed by atoms with E-state index in [1.54, 1.807) is 29.2 Å². The van der Waals surface area contributed by atoms with E-state index in [1.165, 1.54) is 0 Å². The maximum Gasteiger partial charge on any atom is 0.239 e. The second kappa shape index (κ2) is 4.44. The summed E-state index contributed by atoms with van der Waals surface area (Å²) >= 11 is 5.75. The summed E-state index contributed by atoms with van der Waals surface area (Å²) in [6, 6.07) is 6.70. The fraction of sp³-hybridized carbons (Fsp3) is 0.300. The number of nitrogens with two attached hydrogens (primary N) is 1. The molecule has 0 saturated heterocycles. The van der Waals surface area contributed by atoms with Crippen molar-refractivity contribution in [2.75, 3.05) is 14.1 Å². The van der Waals surface area contributed by atoms with Crippen molar-refractivity contribution in [2.45, 2.75) is 6.04 Å². The first-order chi connectivity index (χ1) is 6.52. The van der Waals surface area contributed by atoms with Crippen molar-refractivity contribution in [1.29, 1.82) is 0 Å². The van der Waals surface area contributed by atoms with Gasteiger partial charge in [-0.1, -0.05) is 23.7 Å². The van der Waals surface area contributed by atoms with E-state index in [-0.39, 0.29) is 5.91 Å². The summed E-state index contributed by atoms with van der Waals surface area (Å²) in [6.45, 7) is 0. The highest BCUT2D eigenvalue weighted by atomic mass is 35.5. The van der Waals surface area contributed by atoms with Crippen LogP contribution in [0.3, 0.4) is 0 Å². The van der Waals surface area contributed by atoms with Crippen LogP contribution in [-0.4, -0.2) is 24.9 Å². The first-order valence-electron chi connectivity index (χ1n) is 4.23. The van der Waals surface area contributed by atoms with Crippen molar-refractivity contribution in [3.63, 3.8) is 0 Å². The van der Waals surface area contributed by atoms with Crippen molar-refractivity contribution in [2.24, 2.45) is 5.73 Å². The van der Waals surface area contributed by atoms with Gasteiger partial charge in [-0.25, -0.2) is 0 Å². The van der Waals surface area contributed by atoms with E-state index in [0.717, 1.165) is 5.56 Å². The monoisotopic (exact) mass is 212 g/mol. The van der Waals surface area contributed by atoms with Crippen molar-refractivity contribution >= 4 is 17.5 Å². The molecule has 1 amide bonds. The Hall–Kier alpha value is -1.06. The predicted molar refractivity (Wildman–Crippen MR) is 57.1 cm³/mol. The van der Waals surface area contributed by atoms with Gasteiger partial charge in [-0.3, -0.25) is 9.69 Å². The quantitative estimate of drug-likeness (QED) is 0.824. The number of halogens is 1. The molecule has 0 spiro atoms. The molecule has 1 rings (SSSR count). The molecule has 4 heteroatoms. The van der Waals surface area contributed by atoms with Gasteiger partial charge in [0, 0.05) is 5.02 Å². The van der Waals surface area contributed by atoms with Gasteiger partial charge in [-0.2, -0.15) is 0 Å². The minimum absolute atomic E-state index is 0.364. The molecule has 76 valence electrons. The summed E-state index contributed by atoms with van der Waals surface area (Å²) in [7, 11) is 3.62. The highest BCUT2D eigenvalue weighted by Gasteiger charge is 2.19. The van der Waals surface area contributed by atoms with Gasteiger partial charge in [-0.05, 0) is 31.8 Å². The lowest BCUT2D eigenvalue weighted by Gasteiger charge is -2.21. The number of benzene rings is 1. The van der Waals surface area contributed by atoms with Crippen LogP contribution in [-0.2, 0) is 4.79 Å². The van der Waals surface area contributed by atoms with Crippen LogP contribution < -0.4 is 5.73 Å². The Labute approximate surface area is 88.5 Å². The second-order valence-corrected chi connectivity index (χ2v) is 3.76. The zero-order valence-corrected chi connectivity index (χ0v) is 8.95. The maximum absolute atomic E-state index is 11.2. The number of rotatable bonds is 3. The number of hydrogen-bond acceptors (Lipinski definition) is 2. The van der Waals surface area contributed by atoms with Crippen molar-refractivity contribution in [1.82, 2.24) is 4.90 Å². The van der Waals surface area contributed by atoms with Gasteiger partial charge in [0.2, 0.25) is 5.91 Å². The van der Waals surface area contributed by atoms with Crippen LogP contribution in [0.2, 0.25) is 5.02 Å². The third kappa shape index (κ3) is 2.47. The molecule has 0 aromatic heterocycles. The normalized spacial score (nSPS) is 12.9.